The minimum absolute atomic E-state index is 0.186. The fourth-order valence-electron chi connectivity index (χ4n) is 4.12. The van der Waals surface area contributed by atoms with Gasteiger partial charge in [-0.05, 0) is 32.9 Å². The van der Waals surface area contributed by atoms with Crippen molar-refractivity contribution < 1.29 is 23.5 Å². The molecule has 0 aliphatic carbocycles. The second-order valence-corrected chi connectivity index (χ2v) is 10.5. The molecule has 0 aromatic carbocycles. The van der Waals surface area contributed by atoms with E-state index >= 15 is 0 Å². The summed E-state index contributed by atoms with van der Waals surface area (Å²) in [5.41, 5.74) is 0. The molecule has 7 heteroatoms. The third-order valence-electron chi connectivity index (χ3n) is 6.27. The Bertz CT molecular complexity index is 403. The standard InChI is InChI=1S/C27H56NO5P/c1-3-4-5-6-7-8-9-10-11-12-13-14-15-16-17-18-19-20-22-27(31-26-29)25-33-34(30)32-24-21-23-28-2/h26-28,30H,3-25H2,1-2H3. The number of hydrogen-bond acceptors (Lipinski definition) is 6. The van der Waals surface area contributed by atoms with Crippen LogP contribution >= 0.6 is 8.60 Å². The van der Waals surface area contributed by atoms with Crippen LogP contribution in [-0.4, -0.2) is 44.3 Å². The van der Waals surface area contributed by atoms with Gasteiger partial charge in [-0.1, -0.05) is 116 Å². The third kappa shape index (κ3) is 26.3. The Balaban J connectivity index is 3.41. The fraction of sp³-hybridized carbons (Fsp3) is 0.963. The predicted molar refractivity (Wildman–Crippen MR) is 144 cm³/mol. The molecule has 0 aliphatic rings. The van der Waals surface area contributed by atoms with Crippen molar-refractivity contribution in [1.29, 1.82) is 0 Å². The fourth-order valence-corrected chi connectivity index (χ4v) is 4.77. The summed E-state index contributed by atoms with van der Waals surface area (Å²) in [5, 5.41) is 3.02. The average molecular weight is 506 g/mol. The quantitative estimate of drug-likeness (QED) is 0.0613. The normalized spacial score (nSPS) is 13.1. The van der Waals surface area contributed by atoms with Crippen molar-refractivity contribution in [2.75, 3.05) is 26.8 Å². The summed E-state index contributed by atoms with van der Waals surface area (Å²) in [6, 6.07) is 0. The van der Waals surface area contributed by atoms with E-state index in [9.17, 15) is 9.69 Å². The average Bonchev–Trinajstić information content (AvgIpc) is 2.84. The molecule has 204 valence electrons. The maximum absolute atomic E-state index is 10.7. The van der Waals surface area contributed by atoms with Gasteiger partial charge in [-0.3, -0.25) is 4.79 Å². The van der Waals surface area contributed by atoms with E-state index in [0.29, 0.717) is 13.1 Å². The van der Waals surface area contributed by atoms with E-state index in [-0.39, 0.29) is 12.7 Å². The zero-order valence-corrected chi connectivity index (χ0v) is 23.3. The first kappa shape index (κ1) is 33.7. The SMILES string of the molecule is CCCCCCCCCCCCCCCCCCCCC(COP(O)OCCCNC)OC=O. The Hall–Kier alpha value is -0.260. The lowest BCUT2D eigenvalue weighted by Gasteiger charge is -2.17. The molecule has 0 fully saturated rings. The number of hydrogen-bond donors (Lipinski definition) is 2. The van der Waals surface area contributed by atoms with Crippen LogP contribution in [0, 0.1) is 0 Å². The molecule has 0 spiro atoms. The minimum atomic E-state index is -1.90. The molecule has 0 rings (SSSR count). The highest BCUT2D eigenvalue weighted by Crippen LogP contribution is 2.33. The summed E-state index contributed by atoms with van der Waals surface area (Å²) in [7, 11) is -0.0302. The lowest BCUT2D eigenvalue weighted by Crippen LogP contribution is -2.18. The molecule has 0 aliphatic heterocycles. The van der Waals surface area contributed by atoms with E-state index in [1.54, 1.807) is 0 Å². The van der Waals surface area contributed by atoms with Crippen molar-refractivity contribution in [1.82, 2.24) is 5.32 Å². The summed E-state index contributed by atoms with van der Waals surface area (Å²) in [6.45, 7) is 4.21. The number of carbonyl (C=O) groups excluding carboxylic acids is 1. The van der Waals surface area contributed by atoms with Crippen LogP contribution in [0.2, 0.25) is 0 Å². The van der Waals surface area contributed by atoms with Crippen LogP contribution < -0.4 is 5.32 Å². The lowest BCUT2D eigenvalue weighted by molar-refractivity contribution is -0.135. The Kier molecular flexibility index (Phi) is 28.8. The molecular weight excluding hydrogens is 449 g/mol. The van der Waals surface area contributed by atoms with Gasteiger partial charge < -0.3 is 24.0 Å². The summed E-state index contributed by atoms with van der Waals surface area (Å²) < 4.78 is 15.6. The van der Waals surface area contributed by atoms with Gasteiger partial charge in [0.05, 0.1) is 13.2 Å². The van der Waals surface area contributed by atoms with Gasteiger partial charge >= 0.3 is 8.60 Å². The first-order chi connectivity index (χ1) is 16.7. The Morgan fingerprint density at radius 1 is 0.735 bits per heavy atom. The van der Waals surface area contributed by atoms with Crippen molar-refractivity contribution in [2.45, 2.75) is 141 Å². The molecule has 0 saturated heterocycles. The number of nitrogens with one attached hydrogen (secondary N) is 1. The Morgan fingerprint density at radius 2 is 1.21 bits per heavy atom. The van der Waals surface area contributed by atoms with Crippen LogP contribution in [-0.2, 0) is 18.6 Å². The van der Waals surface area contributed by atoms with Crippen LogP contribution in [0.15, 0.2) is 0 Å². The van der Waals surface area contributed by atoms with E-state index in [1.165, 1.54) is 103 Å². The van der Waals surface area contributed by atoms with Crippen LogP contribution in [0.4, 0.5) is 0 Å². The highest BCUT2D eigenvalue weighted by Gasteiger charge is 2.14. The van der Waals surface area contributed by atoms with Crippen molar-refractivity contribution in [3.8, 4) is 0 Å². The zero-order valence-electron chi connectivity index (χ0n) is 22.4. The van der Waals surface area contributed by atoms with E-state index < -0.39 is 8.60 Å². The van der Waals surface area contributed by atoms with Gasteiger partial charge in [0.1, 0.15) is 6.10 Å². The molecule has 6 nitrogen and oxygen atoms in total. The molecule has 2 unspecified atom stereocenters. The van der Waals surface area contributed by atoms with Gasteiger partial charge in [0.15, 0.2) is 0 Å². The molecule has 0 radical (unpaired) electrons. The van der Waals surface area contributed by atoms with Crippen molar-refractivity contribution in [3.63, 3.8) is 0 Å². The predicted octanol–water partition coefficient (Wildman–Crippen LogP) is 7.82. The van der Waals surface area contributed by atoms with Crippen molar-refractivity contribution in [2.24, 2.45) is 0 Å². The van der Waals surface area contributed by atoms with E-state index in [0.717, 1.165) is 32.2 Å². The second kappa shape index (κ2) is 29.0. The van der Waals surface area contributed by atoms with Crippen LogP contribution in [0.5, 0.6) is 0 Å². The number of unbranched alkanes of at least 4 members (excludes halogenated alkanes) is 17. The Labute approximate surface area is 212 Å². The van der Waals surface area contributed by atoms with Crippen LogP contribution in [0.3, 0.4) is 0 Å². The smallest absolute Gasteiger partial charge is 0.329 e. The third-order valence-corrected chi connectivity index (χ3v) is 7.04. The van der Waals surface area contributed by atoms with E-state index in [2.05, 4.69) is 12.2 Å². The number of carbonyl (C=O) groups is 1. The molecule has 0 aromatic heterocycles. The van der Waals surface area contributed by atoms with E-state index in [4.69, 9.17) is 13.8 Å². The van der Waals surface area contributed by atoms with Gasteiger partial charge in [-0.2, -0.15) is 0 Å². The minimum Gasteiger partial charge on any atom is -0.462 e. The maximum Gasteiger partial charge on any atom is 0.329 e. The van der Waals surface area contributed by atoms with Crippen LogP contribution in [0.1, 0.15) is 135 Å². The summed E-state index contributed by atoms with van der Waals surface area (Å²) in [6.07, 6.45) is 25.6. The highest BCUT2D eigenvalue weighted by molar-refractivity contribution is 7.40. The molecule has 0 saturated carbocycles. The summed E-state index contributed by atoms with van der Waals surface area (Å²) >= 11 is 0. The summed E-state index contributed by atoms with van der Waals surface area (Å²) in [5.74, 6) is 0. The summed E-state index contributed by atoms with van der Waals surface area (Å²) in [4.78, 5) is 20.5. The number of rotatable bonds is 29. The molecule has 34 heavy (non-hydrogen) atoms. The van der Waals surface area contributed by atoms with Crippen LogP contribution in [0.25, 0.3) is 0 Å². The molecule has 0 heterocycles. The van der Waals surface area contributed by atoms with Crippen molar-refractivity contribution in [3.05, 3.63) is 0 Å². The molecule has 0 amide bonds. The van der Waals surface area contributed by atoms with Gasteiger partial charge in [-0.25, -0.2) is 0 Å². The lowest BCUT2D eigenvalue weighted by atomic mass is 10.0. The van der Waals surface area contributed by atoms with Gasteiger partial charge in [-0.15, -0.1) is 0 Å². The van der Waals surface area contributed by atoms with E-state index in [1.807, 2.05) is 7.05 Å². The first-order valence-corrected chi connectivity index (χ1v) is 15.4. The first-order valence-electron chi connectivity index (χ1n) is 14.2. The van der Waals surface area contributed by atoms with Gasteiger partial charge in [0.2, 0.25) is 0 Å². The largest absolute Gasteiger partial charge is 0.462 e. The monoisotopic (exact) mass is 505 g/mol. The Morgan fingerprint density at radius 3 is 1.65 bits per heavy atom. The maximum atomic E-state index is 10.7. The molecule has 0 aromatic rings. The zero-order chi connectivity index (χ0) is 25.0. The molecular formula is C27H56NO5P. The van der Waals surface area contributed by atoms with Crippen molar-refractivity contribution >= 4 is 15.1 Å². The molecule has 2 atom stereocenters. The molecule has 2 N–H and O–H groups in total. The number of ether oxygens (including phenoxy) is 1. The highest BCUT2D eigenvalue weighted by atomic mass is 31.2. The topological polar surface area (TPSA) is 77.0 Å². The second-order valence-electron chi connectivity index (χ2n) is 9.48. The van der Waals surface area contributed by atoms with Gasteiger partial charge in [0.25, 0.3) is 6.47 Å². The van der Waals surface area contributed by atoms with Gasteiger partial charge in [0, 0.05) is 0 Å². The molecule has 0 bridgehead atoms.